The van der Waals surface area contributed by atoms with Crippen LogP contribution < -0.4 is 10.5 Å². The molecule has 3 aromatic heterocycles. The molecule has 3 heterocycles. The standard InChI is InChI=1S/C22H18N6O2S2/c1-14(29)27(16-8-4-3-5-9-16)21-23-15(12-31-21)13-32-22-25-24-20-26(2)19(30)17-10-6-7-11-18(17)28(20)22/h3-12H,13H2,1-2H3. The number of carbonyl (C=O) groups excluding carboxylic acids is 1. The highest BCUT2D eigenvalue weighted by atomic mass is 32.2. The summed E-state index contributed by atoms with van der Waals surface area (Å²) in [6, 6.07) is 16.9. The number of benzene rings is 2. The van der Waals surface area contributed by atoms with Crippen LogP contribution in [0.3, 0.4) is 0 Å². The Kier molecular flexibility index (Phi) is 5.24. The van der Waals surface area contributed by atoms with Gasteiger partial charge < -0.3 is 0 Å². The second-order valence-electron chi connectivity index (χ2n) is 7.10. The molecule has 10 heteroatoms. The van der Waals surface area contributed by atoms with Crippen molar-refractivity contribution in [1.82, 2.24) is 24.1 Å². The average molecular weight is 463 g/mol. The van der Waals surface area contributed by atoms with Crippen LogP contribution in [0.15, 0.2) is 69.9 Å². The van der Waals surface area contributed by atoms with Gasteiger partial charge in [-0.2, -0.15) is 0 Å². The van der Waals surface area contributed by atoms with E-state index in [0.717, 1.165) is 16.9 Å². The normalized spacial score (nSPS) is 11.3. The monoisotopic (exact) mass is 462 g/mol. The van der Waals surface area contributed by atoms with Crippen molar-refractivity contribution in [2.75, 3.05) is 4.90 Å². The Bertz CT molecular complexity index is 1510. The maximum Gasteiger partial charge on any atom is 0.262 e. The number of fused-ring (bicyclic) bond motifs is 3. The lowest BCUT2D eigenvalue weighted by Crippen LogP contribution is -2.22. The quantitative estimate of drug-likeness (QED) is 0.367. The zero-order valence-electron chi connectivity index (χ0n) is 17.3. The van der Waals surface area contributed by atoms with Crippen LogP contribution in [0, 0.1) is 0 Å². The minimum atomic E-state index is -0.105. The number of rotatable bonds is 5. The fourth-order valence-electron chi connectivity index (χ4n) is 3.51. The molecule has 8 nitrogen and oxygen atoms in total. The van der Waals surface area contributed by atoms with Gasteiger partial charge in [0.25, 0.3) is 5.56 Å². The van der Waals surface area contributed by atoms with Crippen LogP contribution in [-0.2, 0) is 17.6 Å². The highest BCUT2D eigenvalue weighted by molar-refractivity contribution is 7.98. The third-order valence-corrected chi connectivity index (χ3v) is 6.84. The fraction of sp³-hybridized carbons (Fsp3) is 0.136. The molecule has 0 unspecified atom stereocenters. The SMILES string of the molecule is CC(=O)N(c1ccccc1)c1nc(CSc2nnc3n(C)c(=O)c4ccccc4n23)cs1. The summed E-state index contributed by atoms with van der Waals surface area (Å²) in [6.07, 6.45) is 0. The Morgan fingerprint density at radius 2 is 1.84 bits per heavy atom. The van der Waals surface area contributed by atoms with Crippen LogP contribution in [0.2, 0.25) is 0 Å². The lowest BCUT2D eigenvalue weighted by Gasteiger charge is -2.17. The Morgan fingerprint density at radius 3 is 2.62 bits per heavy atom. The zero-order valence-corrected chi connectivity index (χ0v) is 18.9. The number of aromatic nitrogens is 5. The van der Waals surface area contributed by atoms with Gasteiger partial charge >= 0.3 is 0 Å². The topological polar surface area (TPSA) is 85.4 Å². The lowest BCUT2D eigenvalue weighted by molar-refractivity contribution is -0.115. The van der Waals surface area contributed by atoms with E-state index in [0.29, 0.717) is 27.2 Å². The van der Waals surface area contributed by atoms with E-state index < -0.39 is 0 Å². The van der Waals surface area contributed by atoms with E-state index in [-0.39, 0.29) is 11.5 Å². The van der Waals surface area contributed by atoms with Crippen molar-refractivity contribution >= 4 is 56.5 Å². The first-order chi connectivity index (χ1) is 15.5. The summed E-state index contributed by atoms with van der Waals surface area (Å²) < 4.78 is 3.39. The molecule has 32 heavy (non-hydrogen) atoms. The number of thiazole rings is 1. The Hall–Kier alpha value is -3.50. The van der Waals surface area contributed by atoms with Gasteiger partial charge in [-0.05, 0) is 24.3 Å². The molecule has 0 saturated heterocycles. The van der Waals surface area contributed by atoms with Crippen molar-refractivity contribution in [2.45, 2.75) is 17.8 Å². The van der Waals surface area contributed by atoms with Crippen molar-refractivity contribution in [3.8, 4) is 0 Å². The number of anilines is 2. The minimum absolute atomic E-state index is 0.0967. The summed E-state index contributed by atoms with van der Waals surface area (Å²) >= 11 is 2.90. The maximum absolute atomic E-state index is 12.6. The first-order valence-electron chi connectivity index (χ1n) is 9.80. The summed E-state index contributed by atoms with van der Waals surface area (Å²) in [5.74, 6) is 0.942. The number of nitrogens with zero attached hydrogens (tertiary/aromatic N) is 6. The molecule has 0 bridgehead atoms. The van der Waals surface area contributed by atoms with E-state index in [9.17, 15) is 9.59 Å². The third kappa shape index (κ3) is 3.47. The summed E-state index contributed by atoms with van der Waals surface area (Å²) in [5.41, 5.74) is 2.28. The molecule has 0 aliphatic heterocycles. The lowest BCUT2D eigenvalue weighted by atomic mass is 10.2. The number of hydrogen-bond acceptors (Lipinski definition) is 7. The number of hydrogen-bond donors (Lipinski definition) is 0. The smallest absolute Gasteiger partial charge is 0.262 e. The van der Waals surface area contributed by atoms with Gasteiger partial charge in [0.2, 0.25) is 11.7 Å². The van der Waals surface area contributed by atoms with E-state index in [1.54, 1.807) is 18.0 Å². The molecule has 0 saturated carbocycles. The fourth-order valence-corrected chi connectivity index (χ4v) is 5.34. The van der Waals surface area contributed by atoms with Gasteiger partial charge in [0.1, 0.15) is 0 Å². The number of aryl methyl sites for hydroxylation is 1. The summed E-state index contributed by atoms with van der Waals surface area (Å²) in [7, 11) is 1.69. The van der Waals surface area contributed by atoms with E-state index in [2.05, 4.69) is 15.2 Å². The average Bonchev–Trinajstić information content (AvgIpc) is 3.44. The zero-order chi connectivity index (χ0) is 22.2. The van der Waals surface area contributed by atoms with Crippen LogP contribution in [0.4, 0.5) is 10.8 Å². The van der Waals surface area contributed by atoms with Gasteiger partial charge in [-0.3, -0.25) is 23.5 Å². The first kappa shape index (κ1) is 20.4. The second-order valence-corrected chi connectivity index (χ2v) is 8.88. The molecule has 5 aromatic rings. The molecule has 0 radical (unpaired) electrons. The van der Waals surface area contributed by atoms with Crippen LogP contribution in [0.5, 0.6) is 0 Å². The summed E-state index contributed by atoms with van der Waals surface area (Å²) in [4.78, 5) is 31.1. The molecule has 0 spiro atoms. The maximum atomic E-state index is 12.6. The number of para-hydroxylation sites is 2. The van der Waals surface area contributed by atoms with Gasteiger partial charge in [-0.25, -0.2) is 4.98 Å². The second kappa shape index (κ2) is 8.21. The number of thioether (sulfide) groups is 1. The molecule has 1 amide bonds. The summed E-state index contributed by atoms with van der Waals surface area (Å²) in [5, 5.41) is 12.4. The molecular formula is C22H18N6O2S2. The Morgan fingerprint density at radius 1 is 1.09 bits per heavy atom. The number of carbonyl (C=O) groups is 1. The molecule has 0 N–H and O–H groups in total. The molecule has 2 aromatic carbocycles. The molecule has 0 atom stereocenters. The van der Waals surface area contributed by atoms with Crippen molar-refractivity contribution in [2.24, 2.45) is 7.05 Å². The van der Waals surface area contributed by atoms with Crippen molar-refractivity contribution in [1.29, 1.82) is 0 Å². The van der Waals surface area contributed by atoms with Gasteiger partial charge in [0, 0.05) is 25.1 Å². The molecule has 0 fully saturated rings. The van der Waals surface area contributed by atoms with Crippen molar-refractivity contribution in [3.05, 3.63) is 76.0 Å². The van der Waals surface area contributed by atoms with E-state index >= 15 is 0 Å². The first-order valence-corrected chi connectivity index (χ1v) is 11.7. The van der Waals surface area contributed by atoms with E-state index in [1.165, 1.54) is 34.6 Å². The van der Waals surface area contributed by atoms with Gasteiger partial charge in [0.15, 0.2) is 10.3 Å². The Labute approximate surface area is 191 Å². The Balaban J connectivity index is 1.46. The largest absolute Gasteiger partial charge is 0.279 e. The van der Waals surface area contributed by atoms with Gasteiger partial charge in [-0.1, -0.05) is 42.1 Å². The predicted molar refractivity (Wildman–Crippen MR) is 127 cm³/mol. The van der Waals surface area contributed by atoms with Gasteiger partial charge in [0.05, 0.1) is 22.3 Å². The minimum Gasteiger partial charge on any atom is -0.279 e. The van der Waals surface area contributed by atoms with E-state index in [4.69, 9.17) is 0 Å². The van der Waals surface area contributed by atoms with Crippen LogP contribution >= 0.6 is 23.1 Å². The molecule has 5 rings (SSSR count). The van der Waals surface area contributed by atoms with Crippen LogP contribution in [0.25, 0.3) is 16.7 Å². The third-order valence-electron chi connectivity index (χ3n) is 5.01. The van der Waals surface area contributed by atoms with Crippen LogP contribution in [-0.4, -0.2) is 30.1 Å². The molecule has 0 aliphatic rings. The summed E-state index contributed by atoms with van der Waals surface area (Å²) in [6.45, 7) is 1.53. The molecule has 0 aliphatic carbocycles. The van der Waals surface area contributed by atoms with E-state index in [1.807, 2.05) is 58.3 Å². The molecule has 160 valence electrons. The van der Waals surface area contributed by atoms with Gasteiger partial charge in [-0.15, -0.1) is 21.5 Å². The number of amides is 1. The highest BCUT2D eigenvalue weighted by Crippen LogP contribution is 2.31. The van der Waals surface area contributed by atoms with Crippen molar-refractivity contribution in [3.63, 3.8) is 0 Å². The van der Waals surface area contributed by atoms with Crippen molar-refractivity contribution < 1.29 is 4.79 Å². The molecular weight excluding hydrogens is 444 g/mol. The van der Waals surface area contributed by atoms with Crippen LogP contribution in [0.1, 0.15) is 12.6 Å². The highest BCUT2D eigenvalue weighted by Gasteiger charge is 2.19. The predicted octanol–water partition coefficient (Wildman–Crippen LogP) is 4.01.